The Bertz CT molecular complexity index is 1370. The van der Waals surface area contributed by atoms with E-state index in [2.05, 4.69) is 27.7 Å². The Balaban J connectivity index is 0.000000271. The van der Waals surface area contributed by atoms with E-state index in [1.807, 2.05) is 121 Å². The lowest BCUT2D eigenvalue weighted by Crippen LogP contribution is -2.31. The van der Waals surface area contributed by atoms with E-state index in [0.717, 1.165) is 66.7 Å². The second kappa shape index (κ2) is 21.1. The first-order valence-electron chi connectivity index (χ1n) is 18.1. The standard InChI is InChI=1S/C22H31O3P.C20H28O3P/c1-19(2)13-7-3-4-12-18-22(25-26(23)24,20-14-8-5-9-15-20)21-16-10-6-11-17-21;1-17(2)11-9-10-16-20(24(21,22)23,18-12-5-3-6-13-18)19-14-7-4-8-15-19/h5-6,8-11,14-17,19,23-24H,3-4,7,12-13,18H2,1-2H3;3-8,12-15,17,21-23H,9-11,16H2,1-2H3/q;+1. The fraction of sp³-hybridized carbons (Fsp3) is 0.429. The van der Waals surface area contributed by atoms with Gasteiger partial charge in [0.25, 0.3) is 0 Å². The molecular weight excluding hydrogens is 662 g/mol. The molecule has 0 saturated carbocycles. The molecule has 0 saturated heterocycles. The minimum Gasteiger partial charge on any atom is -0.328 e. The van der Waals surface area contributed by atoms with Gasteiger partial charge < -0.3 is 9.79 Å². The molecule has 50 heavy (non-hydrogen) atoms. The third-order valence-corrected chi connectivity index (χ3v) is 11.6. The second-order valence-corrected chi connectivity index (χ2v) is 16.6. The predicted molar refractivity (Wildman–Crippen MR) is 209 cm³/mol. The SMILES string of the molecule is CC(C)CCCCC(c1ccccc1)(c1ccccc1)[P+](O)(O)O.CC(C)CCCCCCC(OP(O)O)(c1ccccc1)c1ccccc1. The molecule has 0 aromatic heterocycles. The van der Waals surface area contributed by atoms with Crippen LogP contribution in [-0.4, -0.2) is 24.5 Å². The van der Waals surface area contributed by atoms with Crippen molar-refractivity contribution in [3.05, 3.63) is 144 Å². The molecule has 0 fully saturated rings. The number of hydrogen-bond acceptors (Lipinski definition) is 6. The van der Waals surface area contributed by atoms with Gasteiger partial charge in [-0.3, -0.25) is 4.52 Å². The fourth-order valence-corrected chi connectivity index (χ4v) is 8.78. The Labute approximate surface area is 302 Å². The van der Waals surface area contributed by atoms with Crippen LogP contribution in [0.2, 0.25) is 0 Å². The highest BCUT2D eigenvalue weighted by Gasteiger charge is 2.60. The van der Waals surface area contributed by atoms with Gasteiger partial charge >= 0.3 is 16.5 Å². The summed E-state index contributed by atoms with van der Waals surface area (Å²) >= 11 is 0. The molecule has 5 N–H and O–H groups in total. The molecule has 0 heterocycles. The molecular formula is C42H59O6P2+. The molecule has 8 heteroatoms. The van der Waals surface area contributed by atoms with Crippen LogP contribution >= 0.6 is 16.5 Å². The molecule has 0 unspecified atom stereocenters. The zero-order valence-corrected chi connectivity index (χ0v) is 32.1. The number of rotatable bonds is 19. The maximum atomic E-state index is 10.5. The van der Waals surface area contributed by atoms with Gasteiger partial charge in [-0.15, -0.1) is 0 Å². The molecule has 4 aromatic rings. The van der Waals surface area contributed by atoms with Crippen molar-refractivity contribution in [1.29, 1.82) is 0 Å². The Morgan fingerprint density at radius 3 is 1.20 bits per heavy atom. The van der Waals surface area contributed by atoms with E-state index in [-0.39, 0.29) is 0 Å². The van der Waals surface area contributed by atoms with E-state index >= 15 is 0 Å². The lowest BCUT2D eigenvalue weighted by Gasteiger charge is -2.35. The van der Waals surface area contributed by atoms with Crippen molar-refractivity contribution in [2.24, 2.45) is 11.8 Å². The molecule has 272 valence electrons. The third-order valence-electron chi connectivity index (χ3n) is 9.36. The Kier molecular flexibility index (Phi) is 17.7. The van der Waals surface area contributed by atoms with E-state index < -0.39 is 27.3 Å². The van der Waals surface area contributed by atoms with Crippen molar-refractivity contribution in [3.63, 3.8) is 0 Å². The van der Waals surface area contributed by atoms with Crippen molar-refractivity contribution < 1.29 is 29.0 Å². The first-order valence-corrected chi connectivity index (χ1v) is 20.9. The summed E-state index contributed by atoms with van der Waals surface area (Å²) in [6, 6.07) is 38.6. The van der Waals surface area contributed by atoms with Crippen LogP contribution in [0.15, 0.2) is 121 Å². The molecule has 6 nitrogen and oxygen atoms in total. The third kappa shape index (κ3) is 12.3. The smallest absolute Gasteiger partial charge is 0.328 e. The van der Waals surface area contributed by atoms with Crippen molar-refractivity contribution >= 4 is 16.5 Å². The average Bonchev–Trinajstić information content (AvgIpc) is 3.10. The van der Waals surface area contributed by atoms with Crippen molar-refractivity contribution in [2.45, 2.75) is 103 Å². The topological polar surface area (TPSA) is 110 Å². The molecule has 0 aliphatic heterocycles. The van der Waals surface area contributed by atoms with Crippen molar-refractivity contribution in [1.82, 2.24) is 0 Å². The van der Waals surface area contributed by atoms with Crippen LogP contribution < -0.4 is 0 Å². The van der Waals surface area contributed by atoms with Gasteiger partial charge in [0.2, 0.25) is 5.16 Å². The molecule has 4 rings (SSSR count). The molecule has 0 bridgehead atoms. The van der Waals surface area contributed by atoms with Gasteiger partial charge in [-0.1, -0.05) is 188 Å². The zero-order valence-electron chi connectivity index (χ0n) is 30.3. The van der Waals surface area contributed by atoms with Crippen LogP contribution in [0.5, 0.6) is 0 Å². The van der Waals surface area contributed by atoms with Crippen LogP contribution in [0, 0.1) is 11.8 Å². The number of hydrogen-bond donors (Lipinski definition) is 5. The summed E-state index contributed by atoms with van der Waals surface area (Å²) in [6.07, 6.45) is 9.94. The van der Waals surface area contributed by atoms with Crippen LogP contribution in [0.25, 0.3) is 0 Å². The lowest BCUT2D eigenvalue weighted by atomic mass is 9.82. The normalized spacial score (nSPS) is 12.3. The Hall–Kier alpha value is -2.50. The maximum absolute atomic E-state index is 10.5. The minimum atomic E-state index is -4.16. The van der Waals surface area contributed by atoms with Gasteiger partial charge in [0.1, 0.15) is 5.60 Å². The van der Waals surface area contributed by atoms with Gasteiger partial charge in [-0.05, 0) is 42.2 Å². The van der Waals surface area contributed by atoms with Gasteiger partial charge in [0.05, 0.1) is 0 Å². The van der Waals surface area contributed by atoms with E-state index in [9.17, 15) is 24.5 Å². The summed E-state index contributed by atoms with van der Waals surface area (Å²) < 4.78 is 5.83. The highest BCUT2D eigenvalue weighted by molar-refractivity contribution is 7.60. The second-order valence-electron chi connectivity index (χ2n) is 14.1. The van der Waals surface area contributed by atoms with Gasteiger partial charge in [0.15, 0.2) is 0 Å². The van der Waals surface area contributed by atoms with Crippen LogP contribution in [0.4, 0.5) is 0 Å². The highest BCUT2D eigenvalue weighted by atomic mass is 31.2. The largest absolute Gasteiger partial charge is 0.419 e. The van der Waals surface area contributed by atoms with E-state index in [1.165, 1.54) is 19.3 Å². The summed E-state index contributed by atoms with van der Waals surface area (Å²) in [4.78, 5) is 50.8. The molecule has 0 amide bonds. The monoisotopic (exact) mass is 721 g/mol. The summed E-state index contributed by atoms with van der Waals surface area (Å²) in [5.74, 6) is 1.36. The first-order chi connectivity index (χ1) is 23.9. The fourth-order valence-electron chi connectivity index (χ4n) is 6.75. The van der Waals surface area contributed by atoms with Gasteiger partial charge in [-0.2, -0.15) is 14.7 Å². The van der Waals surface area contributed by atoms with Crippen LogP contribution in [0.1, 0.15) is 114 Å². The van der Waals surface area contributed by atoms with Crippen LogP contribution in [-0.2, 0) is 15.3 Å². The average molecular weight is 722 g/mol. The van der Waals surface area contributed by atoms with Crippen molar-refractivity contribution in [3.8, 4) is 0 Å². The summed E-state index contributed by atoms with van der Waals surface area (Å²) in [5.41, 5.74) is 2.60. The molecule has 0 spiro atoms. The summed E-state index contributed by atoms with van der Waals surface area (Å²) in [6.45, 7) is 8.88. The summed E-state index contributed by atoms with van der Waals surface area (Å²) in [5, 5.41) is -1.16. The van der Waals surface area contributed by atoms with E-state index in [4.69, 9.17) is 4.52 Å². The molecule has 0 radical (unpaired) electrons. The highest BCUT2D eigenvalue weighted by Crippen LogP contribution is 2.68. The van der Waals surface area contributed by atoms with E-state index in [0.29, 0.717) is 12.3 Å². The molecule has 0 aliphatic carbocycles. The van der Waals surface area contributed by atoms with Gasteiger partial charge in [0, 0.05) is 17.5 Å². The molecule has 4 aromatic carbocycles. The Morgan fingerprint density at radius 1 is 0.500 bits per heavy atom. The number of benzene rings is 4. The number of unbranched alkanes of at least 4 members (excludes halogenated alkanes) is 4. The van der Waals surface area contributed by atoms with E-state index in [1.54, 1.807) is 0 Å². The summed E-state index contributed by atoms with van der Waals surface area (Å²) in [7, 11) is -6.64. The first kappa shape index (κ1) is 41.9. The van der Waals surface area contributed by atoms with Crippen LogP contribution in [0.3, 0.4) is 0 Å². The van der Waals surface area contributed by atoms with Crippen molar-refractivity contribution in [2.75, 3.05) is 0 Å². The quantitative estimate of drug-likeness (QED) is 0.0487. The van der Waals surface area contributed by atoms with Gasteiger partial charge in [-0.25, -0.2) is 0 Å². The zero-order chi connectivity index (χ0) is 36.5. The lowest BCUT2D eigenvalue weighted by molar-refractivity contribution is 0.0790. The molecule has 0 aliphatic rings. The molecule has 0 atom stereocenters. The minimum absolute atomic E-state index is 0.505. The maximum Gasteiger partial charge on any atom is 0.419 e. The Morgan fingerprint density at radius 2 is 0.840 bits per heavy atom. The predicted octanol–water partition coefficient (Wildman–Crippen LogP) is 11.0.